The highest BCUT2D eigenvalue weighted by molar-refractivity contribution is 7.89. The molecule has 0 unspecified atom stereocenters. The standard InChI is InChI=1S/C21H24FN3O5S/c1-15(21(26)23-18-5-3-2-4-17(18)22)24-8-10-25(11-9-24)31(27,28)16-6-7-19-20(14-16)30-13-12-29-19/h2-7,14-15H,8-13H2,1H3,(H,23,26)/p+1/t15-/m0/s1. The maximum Gasteiger partial charge on any atom is 0.282 e. The van der Waals surface area contributed by atoms with Gasteiger partial charge in [0.25, 0.3) is 5.91 Å². The molecule has 31 heavy (non-hydrogen) atoms. The Labute approximate surface area is 180 Å². The number of carbonyl (C=O) groups is 1. The van der Waals surface area contributed by atoms with Crippen molar-refractivity contribution in [2.75, 3.05) is 44.7 Å². The van der Waals surface area contributed by atoms with Gasteiger partial charge in [0.2, 0.25) is 10.0 Å². The Morgan fingerprint density at radius 3 is 2.48 bits per heavy atom. The Bertz CT molecular complexity index is 1070. The molecule has 166 valence electrons. The highest BCUT2D eigenvalue weighted by atomic mass is 32.2. The maximum absolute atomic E-state index is 13.8. The molecule has 2 heterocycles. The molecule has 0 saturated carbocycles. The van der Waals surface area contributed by atoms with Gasteiger partial charge in [0, 0.05) is 6.07 Å². The van der Waals surface area contributed by atoms with Gasteiger partial charge in [-0.3, -0.25) is 4.79 Å². The van der Waals surface area contributed by atoms with Crippen LogP contribution in [0.3, 0.4) is 0 Å². The maximum atomic E-state index is 13.8. The lowest BCUT2D eigenvalue weighted by Gasteiger charge is -2.34. The lowest BCUT2D eigenvalue weighted by atomic mass is 10.2. The number of quaternary nitrogens is 1. The Balaban J connectivity index is 1.38. The Kier molecular flexibility index (Phi) is 6.12. The fourth-order valence-corrected chi connectivity index (χ4v) is 5.23. The third kappa shape index (κ3) is 4.51. The first-order valence-electron chi connectivity index (χ1n) is 10.2. The first-order chi connectivity index (χ1) is 14.9. The summed E-state index contributed by atoms with van der Waals surface area (Å²) in [5.74, 6) is 0.167. The lowest BCUT2D eigenvalue weighted by molar-refractivity contribution is -0.917. The number of rotatable bonds is 5. The summed E-state index contributed by atoms with van der Waals surface area (Å²) < 4.78 is 52.3. The molecule has 1 saturated heterocycles. The first kappa shape index (κ1) is 21.5. The molecule has 0 spiro atoms. The van der Waals surface area contributed by atoms with Crippen LogP contribution in [0.4, 0.5) is 10.1 Å². The first-order valence-corrected chi connectivity index (χ1v) is 11.6. The fourth-order valence-electron chi connectivity index (χ4n) is 3.77. The van der Waals surface area contributed by atoms with Gasteiger partial charge in [-0.1, -0.05) is 12.1 Å². The second-order valence-corrected chi connectivity index (χ2v) is 9.50. The minimum Gasteiger partial charge on any atom is -0.486 e. The van der Waals surface area contributed by atoms with E-state index < -0.39 is 21.9 Å². The molecule has 2 aliphatic heterocycles. The molecule has 8 nitrogen and oxygen atoms in total. The van der Waals surface area contributed by atoms with Crippen LogP contribution in [0, 0.1) is 5.82 Å². The van der Waals surface area contributed by atoms with Crippen LogP contribution >= 0.6 is 0 Å². The molecule has 2 aliphatic rings. The zero-order chi connectivity index (χ0) is 22.0. The van der Waals surface area contributed by atoms with E-state index in [-0.39, 0.29) is 29.6 Å². The van der Waals surface area contributed by atoms with Gasteiger partial charge >= 0.3 is 0 Å². The number of anilines is 1. The van der Waals surface area contributed by atoms with E-state index in [4.69, 9.17) is 9.47 Å². The minimum atomic E-state index is -3.68. The van der Waals surface area contributed by atoms with Crippen molar-refractivity contribution in [2.45, 2.75) is 17.9 Å². The summed E-state index contributed by atoms with van der Waals surface area (Å²) in [6.45, 7) is 4.08. The van der Waals surface area contributed by atoms with E-state index in [2.05, 4.69) is 5.32 Å². The van der Waals surface area contributed by atoms with Crippen molar-refractivity contribution < 1.29 is 32.0 Å². The molecular weight excluding hydrogens is 425 g/mol. The molecule has 0 radical (unpaired) electrons. The molecule has 0 aromatic heterocycles. The zero-order valence-electron chi connectivity index (χ0n) is 17.1. The van der Waals surface area contributed by atoms with E-state index >= 15 is 0 Å². The molecule has 1 fully saturated rings. The number of para-hydroxylation sites is 1. The normalized spacial score (nSPS) is 18.4. The van der Waals surface area contributed by atoms with Crippen molar-refractivity contribution in [1.82, 2.24) is 4.31 Å². The summed E-state index contributed by atoms with van der Waals surface area (Å²) in [6, 6.07) is 10.2. The van der Waals surface area contributed by atoms with Crippen molar-refractivity contribution in [2.24, 2.45) is 0 Å². The van der Waals surface area contributed by atoms with E-state index in [1.807, 2.05) is 0 Å². The minimum absolute atomic E-state index is 0.138. The van der Waals surface area contributed by atoms with Gasteiger partial charge in [-0.25, -0.2) is 12.8 Å². The number of hydrogen-bond donors (Lipinski definition) is 2. The number of halogens is 1. The van der Waals surface area contributed by atoms with Crippen molar-refractivity contribution in [3.8, 4) is 11.5 Å². The van der Waals surface area contributed by atoms with E-state index in [0.717, 1.165) is 4.90 Å². The van der Waals surface area contributed by atoms with Crippen LogP contribution in [0.2, 0.25) is 0 Å². The summed E-state index contributed by atoms with van der Waals surface area (Å²) >= 11 is 0. The highest BCUT2D eigenvalue weighted by Crippen LogP contribution is 2.33. The third-order valence-electron chi connectivity index (χ3n) is 5.65. The van der Waals surface area contributed by atoms with Crippen LogP contribution in [0.15, 0.2) is 47.4 Å². The van der Waals surface area contributed by atoms with Crippen LogP contribution < -0.4 is 19.7 Å². The van der Waals surface area contributed by atoms with Crippen LogP contribution in [-0.2, 0) is 14.8 Å². The second kappa shape index (κ2) is 8.81. The Morgan fingerprint density at radius 2 is 1.77 bits per heavy atom. The Morgan fingerprint density at radius 1 is 1.10 bits per heavy atom. The monoisotopic (exact) mass is 450 g/mol. The fraction of sp³-hybridized carbons (Fsp3) is 0.381. The highest BCUT2D eigenvalue weighted by Gasteiger charge is 2.35. The quantitative estimate of drug-likeness (QED) is 0.693. The van der Waals surface area contributed by atoms with Crippen LogP contribution in [0.1, 0.15) is 6.92 Å². The summed E-state index contributed by atoms with van der Waals surface area (Å²) in [5.41, 5.74) is 0.138. The van der Waals surface area contributed by atoms with Crippen LogP contribution in [0.5, 0.6) is 11.5 Å². The van der Waals surface area contributed by atoms with Gasteiger partial charge in [-0.15, -0.1) is 0 Å². The molecule has 0 aliphatic carbocycles. The summed E-state index contributed by atoms with van der Waals surface area (Å²) in [7, 11) is -3.68. The molecule has 1 atom stereocenters. The van der Waals surface area contributed by atoms with Gasteiger partial charge in [0.15, 0.2) is 17.5 Å². The average molecular weight is 451 g/mol. The summed E-state index contributed by atoms with van der Waals surface area (Å²) in [6.07, 6.45) is 0. The van der Waals surface area contributed by atoms with Crippen molar-refractivity contribution in [3.05, 3.63) is 48.3 Å². The number of nitrogens with zero attached hydrogens (tertiary/aromatic N) is 1. The third-order valence-corrected chi connectivity index (χ3v) is 7.55. The number of carbonyl (C=O) groups excluding carboxylic acids is 1. The lowest BCUT2D eigenvalue weighted by Crippen LogP contribution is -3.19. The van der Waals surface area contributed by atoms with Gasteiger partial charge in [0.05, 0.1) is 36.8 Å². The van der Waals surface area contributed by atoms with Crippen LogP contribution in [-0.4, -0.2) is 64.1 Å². The molecular formula is C21H25FN3O5S+. The van der Waals surface area contributed by atoms with Gasteiger partial charge in [-0.05, 0) is 31.2 Å². The molecule has 2 aromatic carbocycles. The molecule has 0 bridgehead atoms. The number of amides is 1. The predicted molar refractivity (Wildman–Crippen MR) is 111 cm³/mol. The number of piperazine rings is 1. The van der Waals surface area contributed by atoms with E-state index in [9.17, 15) is 17.6 Å². The van der Waals surface area contributed by atoms with Crippen LogP contribution in [0.25, 0.3) is 0 Å². The average Bonchev–Trinajstić information content (AvgIpc) is 2.79. The molecule has 10 heteroatoms. The number of benzene rings is 2. The van der Waals surface area contributed by atoms with Crippen molar-refractivity contribution >= 4 is 21.6 Å². The molecule has 1 amide bonds. The molecule has 4 rings (SSSR count). The van der Waals surface area contributed by atoms with E-state index in [1.54, 1.807) is 25.1 Å². The number of fused-ring (bicyclic) bond motifs is 1. The van der Waals surface area contributed by atoms with E-state index in [0.29, 0.717) is 37.8 Å². The second-order valence-electron chi connectivity index (χ2n) is 7.56. The Hall–Kier alpha value is -2.69. The number of hydrogen-bond acceptors (Lipinski definition) is 5. The topological polar surface area (TPSA) is 89.4 Å². The summed E-state index contributed by atoms with van der Waals surface area (Å²) in [4.78, 5) is 13.6. The summed E-state index contributed by atoms with van der Waals surface area (Å²) in [5, 5.41) is 2.61. The van der Waals surface area contributed by atoms with Crippen molar-refractivity contribution in [1.29, 1.82) is 0 Å². The smallest absolute Gasteiger partial charge is 0.282 e. The zero-order valence-corrected chi connectivity index (χ0v) is 18.0. The molecule has 2 N–H and O–H groups in total. The molecule has 2 aromatic rings. The predicted octanol–water partition coefficient (Wildman–Crippen LogP) is 0.513. The van der Waals surface area contributed by atoms with E-state index in [1.165, 1.54) is 28.6 Å². The number of ether oxygens (including phenoxy) is 2. The van der Waals surface area contributed by atoms with Gasteiger partial charge in [0.1, 0.15) is 19.0 Å². The number of nitrogens with one attached hydrogen (secondary N) is 2. The SMILES string of the molecule is C[C@@H](C(=O)Nc1ccccc1F)[NH+]1CCN(S(=O)(=O)c2ccc3c(c2)OCCO3)CC1. The van der Waals surface area contributed by atoms with Gasteiger partial charge < -0.3 is 19.7 Å². The van der Waals surface area contributed by atoms with Gasteiger partial charge in [-0.2, -0.15) is 4.31 Å². The number of sulfonamides is 1. The van der Waals surface area contributed by atoms with Crippen molar-refractivity contribution in [3.63, 3.8) is 0 Å². The largest absolute Gasteiger partial charge is 0.486 e.